The second-order valence-corrected chi connectivity index (χ2v) is 17.6. The minimum absolute atomic E-state index is 0. The Hall–Kier alpha value is -4.22. The molecule has 0 amide bonds. The Morgan fingerprint density at radius 2 is 1.52 bits per heavy atom. The molecule has 0 fully saturated rings. The maximum absolute atomic E-state index is 13.4. The number of nitrogens with zero attached hydrogens (tertiary/aromatic N) is 2. The Balaban J connectivity index is 0.000000209. The van der Waals surface area contributed by atoms with E-state index in [9.17, 15) is 4.39 Å². The SMILES string of the molecule is CC(C)c1ccnc(-c2[c-]ccc3c2oc2c(-c4ccc(F)cc4)cccc23)c1.C[Si](C)(C)c1ccc(-c2[c-]cccc2)nc1.[Ir]. The summed E-state index contributed by atoms with van der Waals surface area (Å²) in [4.78, 5) is 9.09. The number of hydrogen-bond acceptors (Lipinski definition) is 3. The van der Waals surface area contributed by atoms with Gasteiger partial charge < -0.3 is 14.4 Å². The molecule has 0 atom stereocenters. The molecule has 0 saturated carbocycles. The van der Waals surface area contributed by atoms with Crippen molar-refractivity contribution in [2.24, 2.45) is 0 Å². The van der Waals surface area contributed by atoms with Crippen molar-refractivity contribution in [3.05, 3.63) is 139 Å². The Morgan fingerprint density at radius 3 is 2.20 bits per heavy atom. The molecule has 1 radical (unpaired) electrons. The quantitative estimate of drug-likeness (QED) is 0.129. The normalized spacial score (nSPS) is 11.3. The first-order valence-corrected chi connectivity index (χ1v) is 18.7. The number of aromatic nitrogens is 2. The van der Waals surface area contributed by atoms with Crippen molar-refractivity contribution in [2.45, 2.75) is 39.4 Å². The maximum Gasteiger partial charge on any atom is 0.128 e. The molecule has 3 nitrogen and oxygen atoms in total. The zero-order chi connectivity index (χ0) is 31.6. The molecule has 7 rings (SSSR count). The van der Waals surface area contributed by atoms with E-state index in [2.05, 4.69) is 79.9 Å². The number of fused-ring (bicyclic) bond motifs is 3. The van der Waals surface area contributed by atoms with Crippen molar-refractivity contribution >= 4 is 35.2 Å². The summed E-state index contributed by atoms with van der Waals surface area (Å²) < 4.78 is 19.8. The van der Waals surface area contributed by atoms with Gasteiger partial charge in [-0.2, -0.15) is 0 Å². The third kappa shape index (κ3) is 7.10. The molecule has 46 heavy (non-hydrogen) atoms. The van der Waals surface area contributed by atoms with Gasteiger partial charge in [0, 0.05) is 43.4 Å². The van der Waals surface area contributed by atoms with Crippen molar-refractivity contribution in [1.29, 1.82) is 0 Å². The Bertz CT molecular complexity index is 2070. The van der Waals surface area contributed by atoms with Crippen molar-refractivity contribution in [2.75, 3.05) is 0 Å². The van der Waals surface area contributed by atoms with Gasteiger partial charge >= 0.3 is 0 Å². The molecule has 0 aliphatic rings. The summed E-state index contributed by atoms with van der Waals surface area (Å²) in [6, 6.07) is 39.4. The molecular weight excluding hydrogens is 764 g/mol. The van der Waals surface area contributed by atoms with E-state index in [0.29, 0.717) is 5.92 Å². The van der Waals surface area contributed by atoms with Gasteiger partial charge in [0.2, 0.25) is 0 Å². The molecule has 0 unspecified atom stereocenters. The number of para-hydroxylation sites is 1. The minimum Gasteiger partial charge on any atom is -0.500 e. The summed E-state index contributed by atoms with van der Waals surface area (Å²) in [6.07, 6.45) is 3.85. The van der Waals surface area contributed by atoms with E-state index in [-0.39, 0.29) is 25.9 Å². The molecule has 0 aliphatic heterocycles. The molecule has 0 N–H and O–H groups in total. The van der Waals surface area contributed by atoms with Gasteiger partial charge in [-0.3, -0.25) is 0 Å². The number of rotatable bonds is 5. The third-order valence-corrected chi connectivity index (χ3v) is 9.96. The summed E-state index contributed by atoms with van der Waals surface area (Å²) in [5.41, 5.74) is 8.40. The fourth-order valence-electron chi connectivity index (χ4n) is 5.30. The van der Waals surface area contributed by atoms with Gasteiger partial charge in [0.1, 0.15) is 11.4 Å². The fourth-order valence-corrected chi connectivity index (χ4v) is 6.34. The second kappa shape index (κ2) is 14.0. The first-order chi connectivity index (χ1) is 21.7. The first-order valence-electron chi connectivity index (χ1n) is 15.2. The molecule has 3 heterocycles. The van der Waals surface area contributed by atoms with E-state index in [4.69, 9.17) is 4.42 Å². The summed E-state index contributed by atoms with van der Waals surface area (Å²) in [5, 5.41) is 3.44. The fraction of sp³-hybridized carbons (Fsp3) is 0.150. The Morgan fingerprint density at radius 1 is 0.739 bits per heavy atom. The number of hydrogen-bond donors (Lipinski definition) is 0. The molecule has 0 aliphatic carbocycles. The van der Waals surface area contributed by atoms with Crippen LogP contribution < -0.4 is 5.19 Å². The molecule has 0 saturated heterocycles. The van der Waals surface area contributed by atoms with E-state index in [1.807, 2.05) is 67.0 Å². The largest absolute Gasteiger partial charge is 0.500 e. The van der Waals surface area contributed by atoms with Crippen LogP contribution in [0.4, 0.5) is 4.39 Å². The van der Waals surface area contributed by atoms with E-state index < -0.39 is 8.07 Å². The van der Waals surface area contributed by atoms with Crippen LogP contribution in [0, 0.1) is 17.9 Å². The van der Waals surface area contributed by atoms with Crippen molar-refractivity contribution in [3.63, 3.8) is 0 Å². The summed E-state index contributed by atoms with van der Waals surface area (Å²) in [5.74, 6) is 0.162. The predicted molar refractivity (Wildman–Crippen MR) is 187 cm³/mol. The predicted octanol–water partition coefficient (Wildman–Crippen LogP) is 10.5. The van der Waals surface area contributed by atoms with Gasteiger partial charge in [0.15, 0.2) is 0 Å². The van der Waals surface area contributed by atoms with E-state index in [1.54, 1.807) is 12.1 Å². The van der Waals surface area contributed by atoms with Crippen LogP contribution in [0.3, 0.4) is 0 Å². The van der Waals surface area contributed by atoms with Gasteiger partial charge in [0.25, 0.3) is 0 Å². The van der Waals surface area contributed by atoms with Crippen LogP contribution in [0.5, 0.6) is 0 Å². The van der Waals surface area contributed by atoms with Crippen molar-refractivity contribution in [3.8, 4) is 33.6 Å². The van der Waals surface area contributed by atoms with Crippen LogP contribution in [-0.4, -0.2) is 18.0 Å². The van der Waals surface area contributed by atoms with Crippen LogP contribution in [0.1, 0.15) is 25.3 Å². The summed E-state index contributed by atoms with van der Waals surface area (Å²) in [6.45, 7) is 11.3. The zero-order valence-corrected chi connectivity index (χ0v) is 30.0. The van der Waals surface area contributed by atoms with Gasteiger partial charge in [-0.25, -0.2) is 4.39 Å². The monoisotopic (exact) mass is 799 g/mol. The van der Waals surface area contributed by atoms with Crippen LogP contribution >= 0.6 is 0 Å². The molecule has 3 aromatic heterocycles. The first kappa shape index (κ1) is 33.1. The molecule has 7 aromatic rings. The molecule has 0 bridgehead atoms. The molecular formula is C40H35FIrN2OSi-2. The maximum atomic E-state index is 13.4. The Kier molecular flexibility index (Phi) is 10.1. The van der Waals surface area contributed by atoms with E-state index in [0.717, 1.165) is 55.6 Å². The molecule has 6 heteroatoms. The number of halogens is 1. The standard InChI is InChI=1S/C26H19FNO.C14H16NSi.Ir/c1-16(2)18-13-14-28-24(15-18)23-8-4-7-22-21-6-3-5-20(25(21)29-26(22)23)17-9-11-19(27)12-10-17;1-16(2,3)13-9-10-14(15-11-13)12-7-5-4-6-8-12;/h3-7,9-16H,1-2H3;4-7,9-11H,1-3H3;/q2*-1;. The average molecular weight is 799 g/mol. The summed E-state index contributed by atoms with van der Waals surface area (Å²) in [7, 11) is -1.23. The van der Waals surface area contributed by atoms with Gasteiger partial charge in [-0.15, -0.1) is 54.1 Å². The Labute approximate surface area is 284 Å². The third-order valence-electron chi connectivity index (χ3n) is 7.94. The van der Waals surface area contributed by atoms with Crippen LogP contribution in [-0.2, 0) is 20.1 Å². The van der Waals surface area contributed by atoms with Gasteiger partial charge in [-0.1, -0.05) is 98.5 Å². The van der Waals surface area contributed by atoms with Gasteiger partial charge in [-0.05, 0) is 46.3 Å². The van der Waals surface area contributed by atoms with Crippen LogP contribution in [0.2, 0.25) is 19.6 Å². The van der Waals surface area contributed by atoms with E-state index >= 15 is 0 Å². The van der Waals surface area contributed by atoms with Crippen LogP contribution in [0.25, 0.3) is 55.6 Å². The number of furan rings is 1. The number of pyridine rings is 2. The van der Waals surface area contributed by atoms with Crippen molar-refractivity contribution < 1.29 is 28.9 Å². The zero-order valence-electron chi connectivity index (χ0n) is 26.6. The van der Waals surface area contributed by atoms with E-state index in [1.165, 1.54) is 22.9 Å². The molecule has 233 valence electrons. The van der Waals surface area contributed by atoms with Crippen LogP contribution in [0.15, 0.2) is 120 Å². The molecule has 0 spiro atoms. The average Bonchev–Trinajstić information content (AvgIpc) is 3.45. The topological polar surface area (TPSA) is 38.9 Å². The number of benzene rings is 4. The summed E-state index contributed by atoms with van der Waals surface area (Å²) >= 11 is 0. The molecule has 4 aromatic carbocycles. The van der Waals surface area contributed by atoms with Crippen molar-refractivity contribution in [1.82, 2.24) is 9.97 Å². The smallest absolute Gasteiger partial charge is 0.128 e. The minimum atomic E-state index is -1.23. The second-order valence-electron chi connectivity index (χ2n) is 12.5. The van der Waals surface area contributed by atoms with Gasteiger partial charge in [0.05, 0.1) is 13.7 Å².